The lowest BCUT2D eigenvalue weighted by Crippen LogP contribution is -1.90. The third-order valence-corrected chi connectivity index (χ3v) is 2.27. The predicted octanol–water partition coefficient (Wildman–Crippen LogP) is 4.01. The van der Waals surface area contributed by atoms with E-state index in [1.807, 2.05) is 0 Å². The summed E-state index contributed by atoms with van der Waals surface area (Å²) in [7, 11) is 0. The standard InChI is InChI=1S/C12H18/c1-4-6-11(3)12-8-5-7-10(2)9-12/h6,8-9H,4-5,7H2,1-3H3. The van der Waals surface area contributed by atoms with E-state index in [9.17, 15) is 0 Å². The third-order valence-electron chi connectivity index (χ3n) is 2.27. The van der Waals surface area contributed by atoms with Crippen LogP contribution in [0.5, 0.6) is 0 Å². The summed E-state index contributed by atoms with van der Waals surface area (Å²) in [6, 6.07) is 0. The van der Waals surface area contributed by atoms with Crippen molar-refractivity contribution in [3.63, 3.8) is 0 Å². The van der Waals surface area contributed by atoms with Gasteiger partial charge in [-0.05, 0) is 44.3 Å². The van der Waals surface area contributed by atoms with Crippen LogP contribution in [0.4, 0.5) is 0 Å². The molecule has 0 aromatic carbocycles. The van der Waals surface area contributed by atoms with Gasteiger partial charge in [0.2, 0.25) is 0 Å². The summed E-state index contributed by atoms with van der Waals surface area (Å²) in [6.07, 6.45) is 10.5. The SMILES string of the molecule is CCC=C(C)C1=CCCC(C)=C1. The molecule has 0 radical (unpaired) electrons. The molecule has 0 aliphatic heterocycles. The van der Waals surface area contributed by atoms with Gasteiger partial charge in [0, 0.05) is 0 Å². The van der Waals surface area contributed by atoms with Crippen LogP contribution in [0, 0.1) is 0 Å². The second-order valence-electron chi connectivity index (χ2n) is 3.48. The maximum Gasteiger partial charge on any atom is -0.0271 e. The Morgan fingerprint density at radius 3 is 2.92 bits per heavy atom. The minimum absolute atomic E-state index is 1.13. The second kappa shape index (κ2) is 4.30. The summed E-state index contributed by atoms with van der Waals surface area (Å²) >= 11 is 0. The highest BCUT2D eigenvalue weighted by Gasteiger charge is 2.02. The molecule has 1 aliphatic carbocycles. The Balaban J connectivity index is 2.76. The minimum Gasteiger partial charge on any atom is -0.0813 e. The average molecular weight is 162 g/mol. The molecule has 0 saturated heterocycles. The van der Waals surface area contributed by atoms with Crippen molar-refractivity contribution in [2.45, 2.75) is 40.0 Å². The van der Waals surface area contributed by atoms with Gasteiger partial charge in [-0.25, -0.2) is 0 Å². The zero-order chi connectivity index (χ0) is 8.97. The van der Waals surface area contributed by atoms with Crippen LogP contribution in [0.3, 0.4) is 0 Å². The van der Waals surface area contributed by atoms with Crippen molar-refractivity contribution in [1.29, 1.82) is 0 Å². The number of hydrogen-bond donors (Lipinski definition) is 0. The van der Waals surface area contributed by atoms with E-state index >= 15 is 0 Å². The molecule has 0 aromatic rings. The molecule has 0 aromatic heterocycles. The van der Waals surface area contributed by atoms with Crippen molar-refractivity contribution in [2.75, 3.05) is 0 Å². The first-order valence-electron chi connectivity index (χ1n) is 4.78. The molecule has 1 aliphatic rings. The van der Waals surface area contributed by atoms with Crippen molar-refractivity contribution in [2.24, 2.45) is 0 Å². The van der Waals surface area contributed by atoms with Gasteiger partial charge in [-0.2, -0.15) is 0 Å². The highest BCUT2D eigenvalue weighted by molar-refractivity contribution is 5.41. The molecular weight excluding hydrogens is 144 g/mol. The van der Waals surface area contributed by atoms with Gasteiger partial charge in [0.25, 0.3) is 0 Å². The normalized spacial score (nSPS) is 18.8. The van der Waals surface area contributed by atoms with Gasteiger partial charge in [0.05, 0.1) is 0 Å². The first-order valence-corrected chi connectivity index (χ1v) is 4.78. The van der Waals surface area contributed by atoms with E-state index in [0.717, 1.165) is 6.42 Å². The lowest BCUT2D eigenvalue weighted by Gasteiger charge is -2.10. The average Bonchev–Trinajstić information content (AvgIpc) is 2.05. The number of hydrogen-bond acceptors (Lipinski definition) is 0. The van der Waals surface area contributed by atoms with E-state index in [1.165, 1.54) is 29.6 Å². The van der Waals surface area contributed by atoms with Gasteiger partial charge in [-0.1, -0.05) is 30.7 Å². The van der Waals surface area contributed by atoms with Gasteiger partial charge in [-0.3, -0.25) is 0 Å². The van der Waals surface area contributed by atoms with E-state index in [4.69, 9.17) is 0 Å². The van der Waals surface area contributed by atoms with Crippen LogP contribution in [-0.4, -0.2) is 0 Å². The predicted molar refractivity (Wildman–Crippen MR) is 55.1 cm³/mol. The Morgan fingerprint density at radius 1 is 1.58 bits per heavy atom. The molecule has 1 rings (SSSR count). The lowest BCUT2D eigenvalue weighted by atomic mass is 9.96. The summed E-state index contributed by atoms with van der Waals surface area (Å²) < 4.78 is 0. The molecule has 0 heteroatoms. The van der Waals surface area contributed by atoms with Gasteiger partial charge in [0.15, 0.2) is 0 Å². The first kappa shape index (κ1) is 9.31. The Labute approximate surface area is 75.7 Å². The molecule has 0 heterocycles. The van der Waals surface area contributed by atoms with E-state index in [-0.39, 0.29) is 0 Å². The Morgan fingerprint density at radius 2 is 2.33 bits per heavy atom. The fourth-order valence-corrected chi connectivity index (χ4v) is 1.55. The van der Waals surface area contributed by atoms with Gasteiger partial charge >= 0.3 is 0 Å². The molecule has 0 spiro atoms. The van der Waals surface area contributed by atoms with Crippen molar-refractivity contribution < 1.29 is 0 Å². The van der Waals surface area contributed by atoms with Crippen molar-refractivity contribution in [1.82, 2.24) is 0 Å². The van der Waals surface area contributed by atoms with Crippen LogP contribution in [0.25, 0.3) is 0 Å². The molecule has 0 bridgehead atoms. The first-order chi connectivity index (χ1) is 5.74. The summed E-state index contributed by atoms with van der Waals surface area (Å²) in [5.74, 6) is 0. The van der Waals surface area contributed by atoms with Crippen LogP contribution in [-0.2, 0) is 0 Å². The molecule has 0 atom stereocenters. The molecular formula is C12H18. The Bertz CT molecular complexity index is 239. The monoisotopic (exact) mass is 162 g/mol. The van der Waals surface area contributed by atoms with Crippen LogP contribution in [0.2, 0.25) is 0 Å². The zero-order valence-corrected chi connectivity index (χ0v) is 8.35. The largest absolute Gasteiger partial charge is 0.0813 e. The van der Waals surface area contributed by atoms with Crippen LogP contribution >= 0.6 is 0 Å². The maximum atomic E-state index is 2.34. The van der Waals surface area contributed by atoms with E-state index < -0.39 is 0 Å². The highest BCUT2D eigenvalue weighted by atomic mass is 14.1. The summed E-state index contributed by atoms with van der Waals surface area (Å²) in [5, 5.41) is 0. The van der Waals surface area contributed by atoms with E-state index in [0.29, 0.717) is 0 Å². The molecule has 0 amide bonds. The van der Waals surface area contributed by atoms with Crippen LogP contribution in [0.1, 0.15) is 40.0 Å². The summed E-state index contributed by atoms with van der Waals surface area (Å²) in [4.78, 5) is 0. The van der Waals surface area contributed by atoms with E-state index in [1.54, 1.807) is 0 Å². The second-order valence-corrected chi connectivity index (χ2v) is 3.48. The molecule has 12 heavy (non-hydrogen) atoms. The Kier molecular flexibility index (Phi) is 3.33. The minimum atomic E-state index is 1.13. The third kappa shape index (κ3) is 2.37. The van der Waals surface area contributed by atoms with Crippen molar-refractivity contribution in [3.8, 4) is 0 Å². The number of allylic oxidation sites excluding steroid dienone is 6. The van der Waals surface area contributed by atoms with Crippen LogP contribution < -0.4 is 0 Å². The van der Waals surface area contributed by atoms with Gasteiger partial charge < -0.3 is 0 Å². The zero-order valence-electron chi connectivity index (χ0n) is 8.35. The smallest absolute Gasteiger partial charge is 0.0271 e. The molecule has 66 valence electrons. The molecule has 0 nitrogen and oxygen atoms in total. The maximum absolute atomic E-state index is 2.34. The molecule has 0 fully saturated rings. The quantitative estimate of drug-likeness (QED) is 0.575. The van der Waals surface area contributed by atoms with Crippen molar-refractivity contribution in [3.05, 3.63) is 34.9 Å². The topological polar surface area (TPSA) is 0 Å². The van der Waals surface area contributed by atoms with Crippen LogP contribution in [0.15, 0.2) is 34.9 Å². The summed E-state index contributed by atoms with van der Waals surface area (Å²) in [6.45, 7) is 6.60. The van der Waals surface area contributed by atoms with Crippen molar-refractivity contribution >= 4 is 0 Å². The fourth-order valence-electron chi connectivity index (χ4n) is 1.55. The molecule has 0 unspecified atom stereocenters. The summed E-state index contributed by atoms with van der Waals surface area (Å²) in [5.41, 5.74) is 4.37. The van der Waals surface area contributed by atoms with Gasteiger partial charge in [-0.15, -0.1) is 0 Å². The number of rotatable bonds is 2. The Hall–Kier alpha value is -0.780. The lowest BCUT2D eigenvalue weighted by molar-refractivity contribution is 0.946. The fraction of sp³-hybridized carbons (Fsp3) is 0.500. The molecule has 0 N–H and O–H groups in total. The van der Waals surface area contributed by atoms with Gasteiger partial charge in [0.1, 0.15) is 0 Å². The highest BCUT2D eigenvalue weighted by Crippen LogP contribution is 2.22. The molecule has 0 saturated carbocycles. The van der Waals surface area contributed by atoms with E-state index in [2.05, 4.69) is 39.0 Å².